The lowest BCUT2D eigenvalue weighted by Crippen LogP contribution is -2.58. The van der Waals surface area contributed by atoms with Gasteiger partial charge < -0.3 is 39.2 Å². The smallest absolute Gasteiger partial charge is 0.264 e. The molecule has 50 heavy (non-hydrogen) atoms. The van der Waals surface area contributed by atoms with Crippen molar-refractivity contribution in [1.82, 2.24) is 30.3 Å². The molecule has 9 rings (SSSR count). The zero-order chi connectivity index (χ0) is 34.9. The molecule has 1 spiro atoms. The lowest BCUT2D eigenvalue weighted by Gasteiger charge is -2.40. The van der Waals surface area contributed by atoms with E-state index in [1.54, 1.807) is 76.6 Å². The number of likely N-dealkylation sites (tertiary alicyclic amines) is 1. The number of amides is 3. The highest BCUT2D eigenvalue weighted by Crippen LogP contribution is 2.35. The molecule has 5 aliphatic heterocycles. The molecule has 0 unspecified atom stereocenters. The molecular weight excluding hydrogens is 644 g/mol. The number of carbonyl (C=O) groups is 3. The number of methoxy groups -OCH3 is 2. The van der Waals surface area contributed by atoms with Crippen molar-refractivity contribution in [2.45, 2.75) is 44.4 Å². The number of carbonyl (C=O) groups excluding carboxylic acids is 3. The van der Waals surface area contributed by atoms with Gasteiger partial charge >= 0.3 is 0 Å². The third-order valence-corrected chi connectivity index (χ3v) is 8.73. The quantitative estimate of drug-likeness (QED) is 0.307. The highest BCUT2D eigenvalue weighted by molar-refractivity contribution is 5.95. The predicted molar refractivity (Wildman–Crippen MR) is 181 cm³/mol. The fourth-order valence-electron chi connectivity index (χ4n) is 5.95. The third-order valence-electron chi connectivity index (χ3n) is 8.73. The van der Waals surface area contributed by atoms with Gasteiger partial charge in [-0.3, -0.25) is 19.1 Å². The number of rotatable bonds is 6. The van der Waals surface area contributed by atoms with Gasteiger partial charge in [0.15, 0.2) is 17.1 Å². The molecule has 0 atom stereocenters. The Bertz CT molecular complexity index is 1790. The molecule has 1 fully saturated rings. The van der Waals surface area contributed by atoms with Crippen LogP contribution >= 0.6 is 0 Å². The highest BCUT2D eigenvalue weighted by atomic mass is 16.5. The highest BCUT2D eigenvalue weighted by Gasteiger charge is 2.44. The first-order valence-corrected chi connectivity index (χ1v) is 16.5. The number of aryl methyl sites for hydroxylation is 1. The van der Waals surface area contributed by atoms with Crippen molar-refractivity contribution >= 4 is 17.7 Å². The Morgan fingerprint density at radius 3 is 2.42 bits per heavy atom. The Balaban J connectivity index is 1.22. The Morgan fingerprint density at radius 2 is 1.68 bits per heavy atom. The lowest BCUT2D eigenvalue weighted by atomic mass is 9.89. The first-order valence-electron chi connectivity index (χ1n) is 16.5. The van der Waals surface area contributed by atoms with Gasteiger partial charge in [-0.15, -0.1) is 0 Å². The average molecular weight is 685 g/mol. The van der Waals surface area contributed by atoms with Crippen molar-refractivity contribution in [3.8, 4) is 34.5 Å². The molecule has 6 bridgehead atoms. The van der Waals surface area contributed by atoms with Crippen LogP contribution in [0.2, 0.25) is 0 Å². The fraction of sp³-hybridized carbons (Fsp3) is 0.361. The van der Waals surface area contributed by atoms with Gasteiger partial charge in [0.05, 0.1) is 20.8 Å². The molecule has 0 radical (unpaired) electrons. The van der Waals surface area contributed by atoms with E-state index in [4.69, 9.17) is 23.7 Å². The standard InChI is InChI=1S/C36H40N6O8/c1-46-30-12-6-25-20-32(30)49-29-7-5-26(31(21-29)47-2)22-39-35(45)36(50-28-10-8-27(9-11-28)48-19-15-38-34(25)44)13-17-41(18-14-36)33(43)4-3-16-42-24-37-23-40-42/h5-12,20-21,23-24H,3-4,13-19,22H2,1-2H3,(H,38,44)(H,39,45). The van der Waals surface area contributed by atoms with Gasteiger partial charge in [-0.25, -0.2) is 4.98 Å². The zero-order valence-corrected chi connectivity index (χ0v) is 28.1. The summed E-state index contributed by atoms with van der Waals surface area (Å²) >= 11 is 0. The van der Waals surface area contributed by atoms with Crippen LogP contribution in [0.1, 0.15) is 41.6 Å². The van der Waals surface area contributed by atoms with Crippen LogP contribution < -0.4 is 34.3 Å². The summed E-state index contributed by atoms with van der Waals surface area (Å²) in [6.45, 7) is 1.97. The summed E-state index contributed by atoms with van der Waals surface area (Å²) in [7, 11) is 3.06. The Hall–Kier alpha value is -5.79. The van der Waals surface area contributed by atoms with Crippen molar-refractivity contribution in [1.29, 1.82) is 0 Å². The van der Waals surface area contributed by atoms with Crippen molar-refractivity contribution in [3.05, 3.63) is 84.4 Å². The Labute approximate surface area is 289 Å². The first-order chi connectivity index (χ1) is 24.4. The van der Waals surface area contributed by atoms with E-state index in [0.717, 1.165) is 0 Å². The minimum Gasteiger partial charge on any atom is -0.496 e. The van der Waals surface area contributed by atoms with E-state index in [-0.39, 0.29) is 37.4 Å². The largest absolute Gasteiger partial charge is 0.496 e. The number of hydrogen-bond donors (Lipinski definition) is 2. The van der Waals surface area contributed by atoms with E-state index >= 15 is 0 Å². The summed E-state index contributed by atoms with van der Waals surface area (Å²) in [4.78, 5) is 45.8. The van der Waals surface area contributed by atoms with Gasteiger partial charge in [-0.2, -0.15) is 5.10 Å². The van der Waals surface area contributed by atoms with Crippen LogP contribution in [-0.2, 0) is 22.7 Å². The molecule has 4 aromatic rings. The first kappa shape index (κ1) is 34.1. The zero-order valence-electron chi connectivity index (χ0n) is 28.1. The number of nitrogens with zero attached hydrogens (tertiary/aromatic N) is 4. The predicted octanol–water partition coefficient (Wildman–Crippen LogP) is 3.75. The molecule has 1 saturated heterocycles. The summed E-state index contributed by atoms with van der Waals surface area (Å²) < 4.78 is 31.3. The third kappa shape index (κ3) is 8.08. The summed E-state index contributed by atoms with van der Waals surface area (Å²) in [5, 5.41) is 10.00. The fourth-order valence-corrected chi connectivity index (χ4v) is 5.95. The second-order valence-corrected chi connectivity index (χ2v) is 11.9. The van der Waals surface area contributed by atoms with E-state index in [1.165, 1.54) is 20.5 Å². The number of nitrogens with one attached hydrogen (secondary N) is 2. The SMILES string of the molecule is COc1cc2ccc1CNC(=O)C1(CCN(C(=O)CCCn3cncn3)CC1)Oc1ccc(cc1)OCCNC(=O)c1ccc(OC)c(c1)O2. The van der Waals surface area contributed by atoms with Gasteiger partial charge in [0.1, 0.15) is 42.3 Å². The number of ether oxygens (including phenoxy) is 5. The number of hydrogen-bond acceptors (Lipinski definition) is 10. The molecule has 1 aromatic heterocycles. The van der Waals surface area contributed by atoms with Gasteiger partial charge in [-0.1, -0.05) is 0 Å². The van der Waals surface area contributed by atoms with E-state index in [9.17, 15) is 14.4 Å². The lowest BCUT2D eigenvalue weighted by molar-refractivity contribution is -0.146. The molecule has 14 heteroatoms. The van der Waals surface area contributed by atoms with Gasteiger partial charge in [0, 0.05) is 62.6 Å². The second-order valence-electron chi connectivity index (χ2n) is 11.9. The van der Waals surface area contributed by atoms with E-state index in [0.29, 0.717) is 90.9 Å². The molecule has 6 heterocycles. The summed E-state index contributed by atoms with van der Waals surface area (Å²) in [6.07, 6.45) is 4.69. The van der Waals surface area contributed by atoms with Crippen LogP contribution in [-0.4, -0.2) is 83.4 Å². The summed E-state index contributed by atoms with van der Waals surface area (Å²) in [6, 6.07) is 17.2. The van der Waals surface area contributed by atoms with Gasteiger partial charge in [-0.05, 0) is 61.0 Å². The maximum absolute atomic E-state index is 14.0. The molecule has 14 nitrogen and oxygen atoms in total. The molecule has 262 valence electrons. The minimum absolute atomic E-state index is 0.0212. The molecule has 0 aliphatic carbocycles. The Kier molecular flexibility index (Phi) is 10.6. The molecule has 2 N–H and O–H groups in total. The number of piperidine rings is 1. The van der Waals surface area contributed by atoms with Crippen LogP contribution in [0.5, 0.6) is 34.5 Å². The molecule has 3 amide bonds. The molecule has 3 aromatic carbocycles. The molecule has 5 aliphatic rings. The van der Waals surface area contributed by atoms with Crippen molar-refractivity contribution < 1.29 is 38.1 Å². The molecule has 0 saturated carbocycles. The van der Waals surface area contributed by atoms with Crippen molar-refractivity contribution in [3.63, 3.8) is 0 Å². The van der Waals surface area contributed by atoms with Crippen molar-refractivity contribution in [2.75, 3.05) is 40.5 Å². The normalized spacial score (nSPS) is 16.2. The second kappa shape index (κ2) is 15.6. The minimum atomic E-state index is -1.22. The van der Waals surface area contributed by atoms with Crippen LogP contribution in [0.4, 0.5) is 0 Å². The van der Waals surface area contributed by atoms with Crippen LogP contribution in [0.15, 0.2) is 73.3 Å². The topological polar surface area (TPSA) is 155 Å². The monoisotopic (exact) mass is 684 g/mol. The van der Waals surface area contributed by atoms with Crippen molar-refractivity contribution in [2.24, 2.45) is 0 Å². The summed E-state index contributed by atoms with van der Waals surface area (Å²) in [5.74, 6) is 2.24. The van der Waals surface area contributed by atoms with Gasteiger partial charge in [0.25, 0.3) is 11.8 Å². The van der Waals surface area contributed by atoms with E-state index in [2.05, 4.69) is 20.7 Å². The van der Waals surface area contributed by atoms with E-state index < -0.39 is 5.60 Å². The maximum Gasteiger partial charge on any atom is 0.264 e. The van der Waals surface area contributed by atoms with Crippen LogP contribution in [0, 0.1) is 0 Å². The maximum atomic E-state index is 14.0. The molecular formula is C36H40N6O8. The van der Waals surface area contributed by atoms with Crippen LogP contribution in [0.25, 0.3) is 0 Å². The van der Waals surface area contributed by atoms with E-state index in [1.807, 2.05) is 0 Å². The number of benzene rings is 3. The van der Waals surface area contributed by atoms with Gasteiger partial charge in [0.2, 0.25) is 5.91 Å². The van der Waals surface area contributed by atoms with Crippen LogP contribution in [0.3, 0.4) is 0 Å². The number of aromatic nitrogens is 3. The average Bonchev–Trinajstić information content (AvgIpc) is 3.66. The Morgan fingerprint density at radius 1 is 0.920 bits per heavy atom. The summed E-state index contributed by atoms with van der Waals surface area (Å²) in [5.41, 5.74) is -0.117.